The first-order valence-corrected chi connectivity index (χ1v) is 18.3. The van der Waals surface area contributed by atoms with E-state index in [2.05, 4.69) is 66.7 Å². The fourth-order valence-corrected chi connectivity index (χ4v) is 8.33. The third kappa shape index (κ3) is 4.79. The van der Waals surface area contributed by atoms with Gasteiger partial charge in [0.2, 0.25) is 0 Å². The molecule has 0 radical (unpaired) electrons. The summed E-state index contributed by atoms with van der Waals surface area (Å²) in [5.41, 5.74) is 8.54. The maximum atomic E-state index is 9.79. The van der Waals surface area contributed by atoms with Crippen molar-refractivity contribution in [2.75, 3.05) is 0 Å². The van der Waals surface area contributed by atoms with Crippen molar-refractivity contribution in [2.24, 2.45) is 0 Å². The van der Waals surface area contributed by atoms with Gasteiger partial charge < -0.3 is 4.42 Å². The van der Waals surface area contributed by atoms with Gasteiger partial charge in [-0.25, -0.2) is 0 Å². The Labute approximate surface area is 320 Å². The van der Waals surface area contributed by atoms with Crippen LogP contribution in [0.2, 0.25) is 0 Å². The van der Waals surface area contributed by atoms with Crippen molar-refractivity contribution >= 4 is 65.0 Å². The van der Waals surface area contributed by atoms with Gasteiger partial charge in [0.25, 0.3) is 0 Å². The predicted octanol–water partition coefficient (Wildman–Crippen LogP) is 15.2. The lowest BCUT2D eigenvalue weighted by Crippen LogP contribution is -1.91. The van der Waals surface area contributed by atoms with Gasteiger partial charge in [-0.05, 0) is 136 Å². The highest BCUT2D eigenvalue weighted by molar-refractivity contribution is 6.22. The van der Waals surface area contributed by atoms with Crippen LogP contribution in [-0.4, -0.2) is 0 Å². The Morgan fingerprint density at radius 2 is 0.926 bits per heavy atom. The largest absolute Gasteiger partial charge is 0.456 e. The van der Waals surface area contributed by atoms with Gasteiger partial charge in [0.1, 0.15) is 11.2 Å². The van der Waals surface area contributed by atoms with Crippen LogP contribution in [0, 0.1) is 6.92 Å². The lowest BCUT2D eigenvalue weighted by molar-refractivity contribution is 0.669. The van der Waals surface area contributed by atoms with Gasteiger partial charge in [-0.3, -0.25) is 0 Å². The molecule has 0 spiro atoms. The molecule has 54 heavy (non-hydrogen) atoms. The first kappa shape index (κ1) is 25.9. The Kier molecular flexibility index (Phi) is 5.78. The van der Waals surface area contributed by atoms with E-state index in [0.717, 1.165) is 60.2 Å². The van der Waals surface area contributed by atoms with E-state index in [1.807, 2.05) is 97.9 Å². The molecule has 0 aliphatic carbocycles. The fourth-order valence-electron chi connectivity index (χ4n) is 8.33. The van der Waals surface area contributed by atoms with Crippen LogP contribution < -0.4 is 0 Å². The number of fused-ring (bicyclic) bond motifs is 7. The molecule has 0 saturated heterocycles. The molecule has 11 aromatic rings. The summed E-state index contributed by atoms with van der Waals surface area (Å²) in [7, 11) is 0. The highest BCUT2D eigenvalue weighted by atomic mass is 16.3. The molecular formula is C53H34O. The summed E-state index contributed by atoms with van der Waals surface area (Å²) in [5, 5.41) is 8.41. The molecule has 0 unspecified atom stereocenters. The maximum absolute atomic E-state index is 9.79. The van der Waals surface area contributed by atoms with Crippen LogP contribution in [0.5, 0.6) is 0 Å². The van der Waals surface area contributed by atoms with E-state index in [0.29, 0.717) is 38.8 Å². The molecular weight excluding hydrogens is 653 g/mol. The predicted molar refractivity (Wildman–Crippen MR) is 230 cm³/mol. The van der Waals surface area contributed by atoms with E-state index in [1.54, 1.807) is 0 Å². The van der Waals surface area contributed by atoms with E-state index in [9.17, 15) is 6.85 Å². The molecule has 0 saturated carbocycles. The highest BCUT2D eigenvalue weighted by Crippen LogP contribution is 2.45. The smallest absolute Gasteiger partial charge is 0.135 e. The van der Waals surface area contributed by atoms with Crippen LogP contribution in [0.15, 0.2) is 192 Å². The molecule has 0 amide bonds. The number of benzene rings is 10. The second kappa shape index (κ2) is 12.0. The van der Waals surface area contributed by atoms with Crippen LogP contribution in [0.4, 0.5) is 0 Å². The molecule has 1 aromatic heterocycles. The molecule has 252 valence electrons. The van der Waals surface area contributed by atoms with Gasteiger partial charge in [0.05, 0.1) is 6.85 Å². The minimum Gasteiger partial charge on any atom is -0.456 e. The topological polar surface area (TPSA) is 13.1 Å². The molecule has 0 aliphatic heterocycles. The Balaban J connectivity index is 1.12. The lowest BCUT2D eigenvalue weighted by atomic mass is 9.85. The second-order valence-corrected chi connectivity index (χ2v) is 14.0. The molecule has 1 nitrogen and oxygen atoms in total. The average molecular weight is 692 g/mol. The minimum atomic E-state index is -0.134. The van der Waals surface area contributed by atoms with E-state index in [1.165, 1.54) is 10.8 Å². The van der Waals surface area contributed by atoms with E-state index < -0.39 is 0 Å². The molecule has 1 heteroatoms. The summed E-state index contributed by atoms with van der Waals surface area (Å²) in [6, 6.07) is 52.8. The molecule has 0 bridgehead atoms. The molecule has 0 atom stereocenters. The molecule has 0 N–H and O–H groups in total. The van der Waals surface area contributed by atoms with Crippen LogP contribution >= 0.6 is 0 Å². The molecule has 0 aliphatic rings. The van der Waals surface area contributed by atoms with Gasteiger partial charge in [-0.2, -0.15) is 0 Å². The molecule has 0 fully saturated rings. The zero-order valence-electron chi connectivity index (χ0n) is 34.4. The van der Waals surface area contributed by atoms with Crippen molar-refractivity contribution < 1.29 is 11.3 Å². The van der Waals surface area contributed by atoms with E-state index >= 15 is 0 Å². The van der Waals surface area contributed by atoms with Gasteiger partial charge in [-0.15, -0.1) is 0 Å². The minimum absolute atomic E-state index is 0.0191. The van der Waals surface area contributed by atoms with Crippen molar-refractivity contribution in [3.8, 4) is 44.5 Å². The normalized spacial score (nSPS) is 13.1. The summed E-state index contributed by atoms with van der Waals surface area (Å²) in [4.78, 5) is 0. The maximum Gasteiger partial charge on any atom is 0.135 e. The Morgan fingerprint density at radius 1 is 0.370 bits per heavy atom. The van der Waals surface area contributed by atoms with Crippen molar-refractivity contribution in [3.63, 3.8) is 0 Å². The number of furan rings is 1. The van der Waals surface area contributed by atoms with Gasteiger partial charge >= 0.3 is 0 Å². The van der Waals surface area contributed by atoms with Crippen molar-refractivity contribution in [1.29, 1.82) is 0 Å². The SMILES string of the molecule is [2H]c1c(-c2ccc3oc4ccc(-c5ccc6ccccc6c5)cc4c3c2)c(C)c2c([2H])c([2H])c(-c3c4ccccc4c(-c4ccccc4)c4ccccc34)c([2H])c2c1[2H]. The number of rotatable bonds is 4. The van der Waals surface area contributed by atoms with E-state index in [4.69, 9.17) is 4.42 Å². The quantitative estimate of drug-likeness (QED) is 0.167. The fraction of sp³-hybridized carbons (Fsp3) is 0.0189. The van der Waals surface area contributed by atoms with Gasteiger partial charge in [0, 0.05) is 10.8 Å². The zero-order chi connectivity index (χ0) is 40.1. The first-order valence-electron chi connectivity index (χ1n) is 20.8. The Hall–Kier alpha value is -6.96. The number of hydrogen-bond donors (Lipinski definition) is 0. The zero-order valence-corrected chi connectivity index (χ0v) is 29.4. The summed E-state index contributed by atoms with van der Waals surface area (Å²) in [6.07, 6.45) is 0. The summed E-state index contributed by atoms with van der Waals surface area (Å²) >= 11 is 0. The van der Waals surface area contributed by atoms with Crippen molar-refractivity contribution in [2.45, 2.75) is 6.92 Å². The van der Waals surface area contributed by atoms with Crippen LogP contribution in [0.25, 0.3) is 110 Å². The standard InChI is InChI=1S/C53H34O/c1-33-42-26-22-41(53-46-17-9-7-15-44(46)52(35-12-3-2-4-13-35)45-16-8-10-18-47(45)53)30-39(42)21-25-43(33)40-24-28-51-49(32-40)48-31-38(23-27-50(48)54-51)37-20-19-34-11-5-6-14-36(34)29-37/h2-32H,1H3/i21D,22D,25D,26D,30D. The summed E-state index contributed by atoms with van der Waals surface area (Å²) < 4.78 is 54.2. The molecule has 1 heterocycles. The van der Waals surface area contributed by atoms with Gasteiger partial charge in [0.15, 0.2) is 0 Å². The number of aryl methyl sites for hydroxylation is 1. The highest BCUT2D eigenvalue weighted by Gasteiger charge is 2.18. The monoisotopic (exact) mass is 691 g/mol. The molecule has 11 rings (SSSR count). The third-order valence-corrected chi connectivity index (χ3v) is 11.0. The Morgan fingerprint density at radius 3 is 1.63 bits per heavy atom. The second-order valence-electron chi connectivity index (χ2n) is 14.0. The van der Waals surface area contributed by atoms with E-state index in [-0.39, 0.29) is 35.6 Å². The average Bonchev–Trinajstić information content (AvgIpc) is 3.64. The summed E-state index contributed by atoms with van der Waals surface area (Å²) in [5.74, 6) is 0. The van der Waals surface area contributed by atoms with Crippen LogP contribution in [0.3, 0.4) is 0 Å². The first-order chi connectivity index (χ1) is 28.8. The van der Waals surface area contributed by atoms with Crippen molar-refractivity contribution in [1.82, 2.24) is 0 Å². The van der Waals surface area contributed by atoms with Crippen LogP contribution in [0.1, 0.15) is 12.4 Å². The lowest BCUT2D eigenvalue weighted by Gasteiger charge is -2.18. The summed E-state index contributed by atoms with van der Waals surface area (Å²) in [6.45, 7) is 1.85. The third-order valence-electron chi connectivity index (χ3n) is 11.0. The van der Waals surface area contributed by atoms with Crippen molar-refractivity contribution in [3.05, 3.63) is 194 Å². The Bertz CT molecular complexity index is 3510. The van der Waals surface area contributed by atoms with Gasteiger partial charge in [-0.1, -0.05) is 152 Å². The molecule has 10 aromatic carbocycles. The van der Waals surface area contributed by atoms with Crippen LogP contribution in [-0.2, 0) is 0 Å². The number of hydrogen-bond acceptors (Lipinski definition) is 1.